The third kappa shape index (κ3) is 5.98. The molecule has 0 saturated heterocycles. The van der Waals surface area contributed by atoms with Gasteiger partial charge in [0.05, 0.1) is 10.0 Å². The van der Waals surface area contributed by atoms with Crippen molar-refractivity contribution in [3.8, 4) is 28.5 Å². The highest BCUT2D eigenvalue weighted by atomic mass is 35.5. The molecule has 186 valence electrons. The number of nitrogens with one attached hydrogen (secondary N) is 2. The van der Waals surface area contributed by atoms with Gasteiger partial charge in [0, 0.05) is 36.6 Å². The van der Waals surface area contributed by atoms with E-state index in [0.717, 1.165) is 28.8 Å². The third-order valence-corrected chi connectivity index (χ3v) is 6.10. The second-order valence-corrected chi connectivity index (χ2v) is 9.15. The molecule has 36 heavy (non-hydrogen) atoms. The zero-order valence-electron chi connectivity index (χ0n) is 20.2. The van der Waals surface area contributed by atoms with Gasteiger partial charge in [-0.2, -0.15) is 0 Å². The number of ether oxygens (including phenoxy) is 1. The highest BCUT2D eigenvalue weighted by Crippen LogP contribution is 2.35. The van der Waals surface area contributed by atoms with Crippen molar-refractivity contribution in [3.63, 3.8) is 0 Å². The van der Waals surface area contributed by atoms with E-state index in [2.05, 4.69) is 20.8 Å². The van der Waals surface area contributed by atoms with Gasteiger partial charge in [0.15, 0.2) is 5.76 Å². The fraction of sp³-hybridized carbons (Fsp3) is 0.222. The smallest absolute Gasteiger partial charge is 0.410 e. The molecule has 0 saturated carbocycles. The lowest BCUT2D eigenvalue weighted by Gasteiger charge is -2.14. The Morgan fingerprint density at radius 2 is 1.75 bits per heavy atom. The highest BCUT2D eigenvalue weighted by molar-refractivity contribution is 6.39. The number of carbonyl (C=O) groups excluding carboxylic acids is 1. The average Bonchev–Trinajstić information content (AvgIpc) is 3.33. The fourth-order valence-electron chi connectivity index (χ4n) is 3.79. The predicted octanol–water partition coefficient (Wildman–Crippen LogP) is 7.44. The Morgan fingerprint density at radius 3 is 2.44 bits per heavy atom. The van der Waals surface area contributed by atoms with Crippen molar-refractivity contribution in [1.82, 2.24) is 15.5 Å². The lowest BCUT2D eigenvalue weighted by Crippen LogP contribution is -2.27. The Kier molecular flexibility index (Phi) is 8.13. The first-order valence-electron chi connectivity index (χ1n) is 11.5. The van der Waals surface area contributed by atoms with E-state index in [4.69, 9.17) is 32.5 Å². The number of aryl methyl sites for hydroxylation is 2. The van der Waals surface area contributed by atoms with E-state index in [1.807, 2.05) is 45.0 Å². The van der Waals surface area contributed by atoms with Crippen LogP contribution in [0, 0.1) is 13.8 Å². The van der Waals surface area contributed by atoms with Crippen molar-refractivity contribution >= 4 is 35.0 Å². The summed E-state index contributed by atoms with van der Waals surface area (Å²) >= 11 is 12.6. The van der Waals surface area contributed by atoms with Gasteiger partial charge in [-0.15, -0.1) is 0 Å². The summed E-state index contributed by atoms with van der Waals surface area (Å²) in [6, 6.07) is 14.8. The van der Waals surface area contributed by atoms with Crippen molar-refractivity contribution in [3.05, 3.63) is 81.5 Å². The minimum Gasteiger partial charge on any atom is -0.410 e. The van der Waals surface area contributed by atoms with Crippen LogP contribution < -0.4 is 15.4 Å². The molecule has 4 aromatic rings. The Hall–Kier alpha value is -3.55. The van der Waals surface area contributed by atoms with Gasteiger partial charge in [-0.25, -0.2) is 4.79 Å². The molecule has 0 atom stereocenters. The van der Waals surface area contributed by atoms with Crippen LogP contribution in [0.4, 0.5) is 10.5 Å². The van der Waals surface area contributed by atoms with E-state index in [0.29, 0.717) is 51.6 Å². The molecule has 1 amide bonds. The first-order valence-corrected chi connectivity index (χ1v) is 12.3. The van der Waals surface area contributed by atoms with E-state index in [9.17, 15) is 4.79 Å². The zero-order chi connectivity index (χ0) is 25.7. The minimum atomic E-state index is -0.439. The number of aromatic nitrogens is 2. The van der Waals surface area contributed by atoms with E-state index < -0.39 is 6.09 Å². The second kappa shape index (κ2) is 11.5. The Morgan fingerprint density at radius 1 is 1.03 bits per heavy atom. The first kappa shape index (κ1) is 25.5. The van der Waals surface area contributed by atoms with Gasteiger partial charge in [-0.1, -0.05) is 53.5 Å². The summed E-state index contributed by atoms with van der Waals surface area (Å²) in [5.74, 6) is 1.08. The van der Waals surface area contributed by atoms with Crippen LogP contribution in [-0.4, -0.2) is 22.8 Å². The molecule has 7 nitrogen and oxygen atoms in total. The van der Waals surface area contributed by atoms with Crippen molar-refractivity contribution in [2.45, 2.75) is 33.7 Å². The van der Waals surface area contributed by atoms with Crippen molar-refractivity contribution < 1.29 is 14.1 Å². The second-order valence-electron chi connectivity index (χ2n) is 8.33. The fourth-order valence-corrected chi connectivity index (χ4v) is 4.39. The number of anilines is 1. The normalized spacial score (nSPS) is 10.8. The van der Waals surface area contributed by atoms with Crippen LogP contribution in [0.3, 0.4) is 0 Å². The van der Waals surface area contributed by atoms with Gasteiger partial charge in [0.1, 0.15) is 17.1 Å². The van der Waals surface area contributed by atoms with E-state index in [1.165, 1.54) is 0 Å². The SMILES string of the molecule is CCCNC(=O)Oc1c(C)cc(CNc2ccnc(-c3cc(-c4c(Cl)cccc4Cl)no3)c2)cc1C. The van der Waals surface area contributed by atoms with Crippen LogP contribution in [-0.2, 0) is 6.54 Å². The number of benzene rings is 2. The molecule has 0 spiro atoms. The maximum Gasteiger partial charge on any atom is 0.412 e. The zero-order valence-corrected chi connectivity index (χ0v) is 21.7. The molecule has 0 aliphatic carbocycles. The number of nitrogens with zero attached hydrogens (tertiary/aromatic N) is 2. The average molecular weight is 525 g/mol. The first-order chi connectivity index (χ1) is 17.4. The van der Waals surface area contributed by atoms with Crippen molar-refractivity contribution in [2.24, 2.45) is 0 Å². The molecule has 2 aromatic carbocycles. The predicted molar refractivity (Wildman–Crippen MR) is 143 cm³/mol. The molecule has 0 unspecified atom stereocenters. The summed E-state index contributed by atoms with van der Waals surface area (Å²) in [5, 5.41) is 11.2. The van der Waals surface area contributed by atoms with E-state index in [1.54, 1.807) is 30.5 Å². The van der Waals surface area contributed by atoms with Gasteiger partial charge in [0.2, 0.25) is 0 Å². The Labute approximate surface area is 219 Å². The summed E-state index contributed by atoms with van der Waals surface area (Å²) in [4.78, 5) is 16.4. The molecule has 0 fully saturated rings. The largest absolute Gasteiger partial charge is 0.412 e. The molecule has 9 heteroatoms. The van der Waals surface area contributed by atoms with Gasteiger partial charge < -0.3 is 19.9 Å². The number of hydrogen-bond acceptors (Lipinski definition) is 6. The number of halogens is 2. The molecular formula is C27H26Cl2N4O3. The summed E-state index contributed by atoms with van der Waals surface area (Å²) in [7, 11) is 0. The number of amides is 1. The lowest BCUT2D eigenvalue weighted by atomic mass is 10.1. The molecule has 0 aliphatic rings. The van der Waals surface area contributed by atoms with Crippen molar-refractivity contribution in [1.29, 1.82) is 0 Å². The Balaban J connectivity index is 1.46. The van der Waals surface area contributed by atoms with Crippen LogP contribution >= 0.6 is 23.2 Å². The number of pyridine rings is 1. The number of hydrogen-bond donors (Lipinski definition) is 2. The van der Waals surface area contributed by atoms with Crippen molar-refractivity contribution in [2.75, 3.05) is 11.9 Å². The van der Waals surface area contributed by atoms with E-state index in [-0.39, 0.29) is 0 Å². The molecule has 2 N–H and O–H groups in total. The standard InChI is InChI=1S/C27H26Cl2N4O3/c1-4-9-31-27(34)35-26-16(2)11-18(12-17(26)3)15-32-19-8-10-30-22(13-19)24-14-23(33-36-24)25-20(28)6-5-7-21(25)29/h5-8,10-14H,4,9,15H2,1-3H3,(H,30,32)(H,31,34). The molecule has 0 aliphatic heterocycles. The van der Waals surface area contributed by atoms with Crippen LogP contribution in [0.5, 0.6) is 5.75 Å². The van der Waals surface area contributed by atoms with Crippen LogP contribution in [0.1, 0.15) is 30.0 Å². The van der Waals surface area contributed by atoms with Gasteiger partial charge in [-0.3, -0.25) is 4.98 Å². The third-order valence-electron chi connectivity index (χ3n) is 5.47. The quantitative estimate of drug-likeness (QED) is 0.249. The van der Waals surface area contributed by atoms with Gasteiger partial charge in [-0.05, 0) is 61.2 Å². The highest BCUT2D eigenvalue weighted by Gasteiger charge is 2.16. The summed E-state index contributed by atoms with van der Waals surface area (Å²) < 4.78 is 11.0. The minimum absolute atomic E-state index is 0.439. The molecule has 4 rings (SSSR count). The van der Waals surface area contributed by atoms with Crippen LogP contribution in [0.2, 0.25) is 10.0 Å². The van der Waals surface area contributed by atoms with Gasteiger partial charge in [0.25, 0.3) is 0 Å². The summed E-state index contributed by atoms with van der Waals surface area (Å²) in [6.07, 6.45) is 2.11. The maximum absolute atomic E-state index is 12.0. The number of carbonyl (C=O) groups is 1. The molecule has 0 bridgehead atoms. The lowest BCUT2D eigenvalue weighted by molar-refractivity contribution is 0.200. The maximum atomic E-state index is 12.0. The van der Waals surface area contributed by atoms with Gasteiger partial charge >= 0.3 is 6.09 Å². The molecule has 2 aromatic heterocycles. The Bertz CT molecular complexity index is 1340. The number of rotatable bonds is 8. The summed E-state index contributed by atoms with van der Waals surface area (Å²) in [6.45, 7) is 7.00. The summed E-state index contributed by atoms with van der Waals surface area (Å²) in [5.41, 5.74) is 5.48. The van der Waals surface area contributed by atoms with E-state index >= 15 is 0 Å². The van der Waals surface area contributed by atoms with Crippen LogP contribution in [0.25, 0.3) is 22.7 Å². The molecular weight excluding hydrogens is 499 g/mol. The van der Waals surface area contributed by atoms with Crippen LogP contribution in [0.15, 0.2) is 59.3 Å². The molecule has 2 heterocycles. The monoisotopic (exact) mass is 524 g/mol. The topological polar surface area (TPSA) is 89.3 Å². The molecule has 0 radical (unpaired) electrons.